The Labute approximate surface area is 246 Å². The first kappa shape index (κ1) is 28.0. The largest absolute Gasteiger partial charge is 0.481 e. The number of likely N-dealkylation sites (tertiary alicyclic amines) is 1. The fraction of sp³-hybridized carbons (Fsp3) is 0.382. The normalized spacial score (nSPS) is 21.5. The second-order valence-electron chi connectivity index (χ2n) is 11.9. The summed E-state index contributed by atoms with van der Waals surface area (Å²) < 4.78 is 5.79. The third-order valence-electron chi connectivity index (χ3n) is 9.15. The Morgan fingerprint density at radius 3 is 2.07 bits per heavy atom. The number of carboxylic acid groups (broad SMARTS) is 1. The number of nitrogens with zero attached hydrogens (tertiary/aromatic N) is 2. The molecule has 0 spiro atoms. The van der Waals surface area contributed by atoms with Crippen molar-refractivity contribution in [1.82, 2.24) is 15.1 Å². The van der Waals surface area contributed by atoms with Gasteiger partial charge in [0.1, 0.15) is 12.6 Å². The molecule has 3 aliphatic rings. The van der Waals surface area contributed by atoms with E-state index in [1.165, 1.54) is 0 Å². The smallest absolute Gasteiger partial charge is 0.407 e. The predicted octanol–water partition coefficient (Wildman–Crippen LogP) is 4.59. The molecule has 2 fully saturated rings. The monoisotopic (exact) mass is 567 g/mol. The number of piperidine rings is 1. The number of carbonyl (C=O) groups is 3. The average molecular weight is 568 g/mol. The number of rotatable bonds is 9. The molecule has 1 aliphatic heterocycles. The van der Waals surface area contributed by atoms with Gasteiger partial charge in [0.2, 0.25) is 5.91 Å². The molecular formula is C34H37N3O5. The number of carbonyl (C=O) groups excluding carboxylic acids is 2. The van der Waals surface area contributed by atoms with E-state index in [0.717, 1.165) is 40.7 Å². The predicted molar refractivity (Wildman–Crippen MR) is 159 cm³/mol. The summed E-state index contributed by atoms with van der Waals surface area (Å²) in [6.45, 7) is 1.87. The Hall–Kier alpha value is -4.17. The minimum Gasteiger partial charge on any atom is -0.481 e. The molecule has 2 bridgehead atoms. The van der Waals surface area contributed by atoms with Crippen molar-refractivity contribution >= 4 is 18.0 Å². The topological polar surface area (TPSA) is 99.2 Å². The van der Waals surface area contributed by atoms with Crippen LogP contribution in [0, 0.1) is 17.8 Å². The minimum absolute atomic E-state index is 0.0534. The van der Waals surface area contributed by atoms with E-state index in [0.29, 0.717) is 26.2 Å². The highest BCUT2D eigenvalue weighted by Crippen LogP contribution is 2.45. The van der Waals surface area contributed by atoms with Crippen LogP contribution in [0.2, 0.25) is 0 Å². The van der Waals surface area contributed by atoms with Crippen molar-refractivity contribution < 1.29 is 24.2 Å². The van der Waals surface area contributed by atoms with E-state index in [-0.39, 0.29) is 30.3 Å². The second kappa shape index (κ2) is 12.0. The molecular weight excluding hydrogens is 530 g/mol. The van der Waals surface area contributed by atoms with Crippen LogP contribution in [0.25, 0.3) is 11.1 Å². The average Bonchev–Trinajstić information content (AvgIpc) is 3.46. The maximum atomic E-state index is 13.9. The summed E-state index contributed by atoms with van der Waals surface area (Å²) in [5, 5.41) is 12.6. The van der Waals surface area contributed by atoms with Crippen LogP contribution in [0.5, 0.6) is 0 Å². The van der Waals surface area contributed by atoms with Crippen molar-refractivity contribution in [2.24, 2.45) is 17.8 Å². The van der Waals surface area contributed by atoms with Crippen molar-refractivity contribution in [3.8, 4) is 11.1 Å². The lowest BCUT2D eigenvalue weighted by molar-refractivity contribution is -0.150. The zero-order valence-corrected chi connectivity index (χ0v) is 23.8. The highest BCUT2D eigenvalue weighted by molar-refractivity contribution is 5.86. The summed E-state index contributed by atoms with van der Waals surface area (Å²) in [7, 11) is 1.92. The van der Waals surface area contributed by atoms with E-state index in [4.69, 9.17) is 4.74 Å². The molecule has 3 atom stereocenters. The standard InChI is InChI=1S/C34H37N3O5/c1-36(17-22-9-3-2-4-10-22)20-30(32(38)37-18-23-15-16-24(19-37)31(23)33(39)40)35-34(41)42-21-29-27-13-7-5-11-25(27)26-12-6-8-14-28(26)29/h2-14,23-24,29-31H,15-21H2,1H3,(H,35,41)(H,39,40). The number of nitrogens with one attached hydrogen (secondary N) is 1. The van der Waals surface area contributed by atoms with E-state index in [9.17, 15) is 19.5 Å². The van der Waals surface area contributed by atoms with Crippen LogP contribution < -0.4 is 5.32 Å². The van der Waals surface area contributed by atoms with Gasteiger partial charge in [-0.2, -0.15) is 0 Å². The molecule has 3 unspecified atom stereocenters. The van der Waals surface area contributed by atoms with Crippen LogP contribution in [0.15, 0.2) is 78.9 Å². The minimum atomic E-state index is -0.824. The summed E-state index contributed by atoms with van der Waals surface area (Å²) in [4.78, 5) is 42.7. The molecule has 1 saturated carbocycles. The first-order chi connectivity index (χ1) is 20.4. The molecule has 3 aromatic rings. The Morgan fingerprint density at radius 2 is 1.48 bits per heavy atom. The number of benzene rings is 3. The molecule has 2 aliphatic carbocycles. The number of fused-ring (bicyclic) bond motifs is 5. The highest BCUT2D eigenvalue weighted by Gasteiger charge is 2.48. The molecule has 2 N–H and O–H groups in total. The highest BCUT2D eigenvalue weighted by atomic mass is 16.5. The number of amides is 2. The number of likely N-dealkylation sites (N-methyl/N-ethyl adjacent to an activating group) is 1. The molecule has 3 aromatic carbocycles. The number of alkyl carbamates (subject to hydrolysis) is 1. The maximum Gasteiger partial charge on any atom is 0.407 e. The van der Waals surface area contributed by atoms with Crippen LogP contribution in [0.1, 0.15) is 35.4 Å². The fourth-order valence-corrected chi connectivity index (χ4v) is 7.27. The molecule has 1 saturated heterocycles. The summed E-state index contributed by atoms with van der Waals surface area (Å²) >= 11 is 0. The maximum absolute atomic E-state index is 13.9. The van der Waals surface area contributed by atoms with Crippen molar-refractivity contribution in [3.05, 3.63) is 95.6 Å². The zero-order valence-electron chi connectivity index (χ0n) is 23.8. The summed E-state index contributed by atoms with van der Waals surface area (Å²) in [6.07, 6.45) is 0.986. The van der Waals surface area contributed by atoms with Gasteiger partial charge in [-0.15, -0.1) is 0 Å². The van der Waals surface area contributed by atoms with Crippen molar-refractivity contribution in [1.29, 1.82) is 0 Å². The van der Waals surface area contributed by atoms with E-state index < -0.39 is 24.0 Å². The molecule has 8 nitrogen and oxygen atoms in total. The van der Waals surface area contributed by atoms with Gasteiger partial charge in [-0.25, -0.2) is 4.79 Å². The van der Waals surface area contributed by atoms with Crippen molar-refractivity contribution in [2.75, 3.05) is 33.3 Å². The molecule has 0 radical (unpaired) electrons. The van der Waals surface area contributed by atoms with Gasteiger partial charge in [-0.1, -0.05) is 78.9 Å². The molecule has 2 amide bonds. The van der Waals surface area contributed by atoms with Gasteiger partial charge in [0.05, 0.1) is 5.92 Å². The number of hydrogen-bond donors (Lipinski definition) is 2. The SMILES string of the molecule is CN(Cc1ccccc1)CC(NC(=O)OCC1c2ccccc2-c2ccccc21)C(=O)N1CC2CCC(C1)C2C(=O)O. The van der Waals surface area contributed by atoms with Gasteiger partial charge < -0.3 is 20.1 Å². The van der Waals surface area contributed by atoms with E-state index in [2.05, 4.69) is 29.6 Å². The first-order valence-corrected chi connectivity index (χ1v) is 14.7. The summed E-state index contributed by atoms with van der Waals surface area (Å²) in [6, 6.07) is 25.5. The third-order valence-corrected chi connectivity index (χ3v) is 9.15. The number of hydrogen-bond acceptors (Lipinski definition) is 5. The summed E-state index contributed by atoms with van der Waals surface area (Å²) in [5.41, 5.74) is 5.65. The van der Waals surface area contributed by atoms with E-state index in [1.807, 2.05) is 66.5 Å². The van der Waals surface area contributed by atoms with Crippen LogP contribution in [0.3, 0.4) is 0 Å². The Morgan fingerprint density at radius 1 is 0.905 bits per heavy atom. The molecule has 6 rings (SSSR count). The van der Waals surface area contributed by atoms with Gasteiger partial charge in [-0.3, -0.25) is 14.5 Å². The second-order valence-corrected chi connectivity index (χ2v) is 11.9. The Balaban J connectivity index is 1.15. The number of carboxylic acids is 1. The lowest BCUT2D eigenvalue weighted by Crippen LogP contribution is -2.57. The lowest BCUT2D eigenvalue weighted by Gasteiger charge is -2.38. The fourth-order valence-electron chi connectivity index (χ4n) is 7.27. The summed E-state index contributed by atoms with van der Waals surface area (Å²) in [5.74, 6) is -1.55. The van der Waals surface area contributed by atoms with E-state index >= 15 is 0 Å². The Bertz CT molecular complexity index is 1400. The quantitative estimate of drug-likeness (QED) is 0.392. The van der Waals surface area contributed by atoms with Crippen LogP contribution in [-0.2, 0) is 20.9 Å². The van der Waals surface area contributed by atoms with Gasteiger partial charge in [0.15, 0.2) is 0 Å². The Kier molecular flexibility index (Phi) is 7.98. The third kappa shape index (κ3) is 5.63. The van der Waals surface area contributed by atoms with Gasteiger partial charge in [0, 0.05) is 32.1 Å². The van der Waals surface area contributed by atoms with Gasteiger partial charge in [0.25, 0.3) is 0 Å². The first-order valence-electron chi connectivity index (χ1n) is 14.7. The van der Waals surface area contributed by atoms with Gasteiger partial charge >= 0.3 is 12.1 Å². The number of ether oxygens (including phenoxy) is 1. The van der Waals surface area contributed by atoms with Gasteiger partial charge in [-0.05, 0) is 59.5 Å². The molecule has 218 valence electrons. The number of aliphatic carboxylic acids is 1. The molecule has 42 heavy (non-hydrogen) atoms. The molecule has 8 heteroatoms. The molecule has 0 aromatic heterocycles. The van der Waals surface area contributed by atoms with Crippen LogP contribution >= 0.6 is 0 Å². The van der Waals surface area contributed by atoms with Crippen molar-refractivity contribution in [3.63, 3.8) is 0 Å². The van der Waals surface area contributed by atoms with Crippen LogP contribution in [-0.4, -0.2) is 72.2 Å². The molecule has 1 heterocycles. The van der Waals surface area contributed by atoms with Crippen molar-refractivity contribution in [2.45, 2.75) is 31.3 Å². The van der Waals surface area contributed by atoms with Crippen LogP contribution in [0.4, 0.5) is 4.79 Å². The van der Waals surface area contributed by atoms with E-state index in [1.54, 1.807) is 4.90 Å². The lowest BCUT2D eigenvalue weighted by atomic mass is 9.85. The zero-order chi connectivity index (χ0) is 29.2.